The number of amides is 1. The number of unbranched alkanes of at least 4 members (excludes halogenated alkanes) is 1. The van der Waals surface area contributed by atoms with Crippen molar-refractivity contribution in [3.63, 3.8) is 0 Å². The highest BCUT2D eigenvalue weighted by atomic mass is 32.1. The van der Waals surface area contributed by atoms with Gasteiger partial charge >= 0.3 is 0 Å². The van der Waals surface area contributed by atoms with Crippen molar-refractivity contribution >= 4 is 28.1 Å². The summed E-state index contributed by atoms with van der Waals surface area (Å²) >= 11 is 1.26. The summed E-state index contributed by atoms with van der Waals surface area (Å²) < 4.78 is 5.63. The Balaban J connectivity index is 1.70. The van der Waals surface area contributed by atoms with Crippen LogP contribution in [0.4, 0.5) is 10.8 Å². The smallest absolute Gasteiger partial charge is 0.270 e. The zero-order chi connectivity index (χ0) is 19.9. The number of ether oxygens (including phenoxy) is 1. The van der Waals surface area contributed by atoms with Crippen molar-refractivity contribution in [3.05, 3.63) is 69.6 Å². The number of thiazole rings is 1. The Labute approximate surface area is 166 Å². The van der Waals surface area contributed by atoms with E-state index in [0.29, 0.717) is 34.3 Å². The molecule has 1 amide bonds. The number of nitro groups is 1. The predicted octanol–water partition coefficient (Wildman–Crippen LogP) is 5.15. The number of nitro benzene ring substituents is 1. The third-order valence-corrected chi connectivity index (χ3v) is 4.70. The summed E-state index contributed by atoms with van der Waals surface area (Å²) in [5.74, 6) is 0.360. The van der Waals surface area contributed by atoms with Crippen LogP contribution in [0.2, 0.25) is 0 Å². The van der Waals surface area contributed by atoms with Crippen LogP contribution in [0.5, 0.6) is 5.75 Å². The number of anilines is 1. The van der Waals surface area contributed by atoms with Crippen LogP contribution in [-0.4, -0.2) is 22.4 Å². The van der Waals surface area contributed by atoms with Crippen LogP contribution in [0.1, 0.15) is 30.1 Å². The van der Waals surface area contributed by atoms with Gasteiger partial charge in [-0.25, -0.2) is 4.98 Å². The fraction of sp³-hybridized carbons (Fsp3) is 0.200. The van der Waals surface area contributed by atoms with E-state index in [1.165, 1.54) is 23.5 Å². The number of nitrogens with zero attached hydrogens (tertiary/aromatic N) is 2. The molecule has 8 heteroatoms. The highest BCUT2D eigenvalue weighted by Gasteiger charge is 2.13. The number of aromatic nitrogens is 1. The van der Waals surface area contributed by atoms with Crippen molar-refractivity contribution in [3.8, 4) is 17.0 Å². The van der Waals surface area contributed by atoms with Crippen LogP contribution in [0.25, 0.3) is 11.3 Å². The molecular formula is C20H19N3O4S. The molecule has 144 valence electrons. The molecule has 3 aromatic rings. The van der Waals surface area contributed by atoms with Gasteiger partial charge in [0.2, 0.25) is 0 Å². The Hall–Kier alpha value is -3.26. The molecular weight excluding hydrogens is 378 g/mol. The number of non-ortho nitro benzene ring substituents is 1. The molecule has 1 heterocycles. The number of benzene rings is 2. The van der Waals surface area contributed by atoms with Crippen molar-refractivity contribution in [1.29, 1.82) is 0 Å². The quantitative estimate of drug-likeness (QED) is 0.322. The minimum Gasteiger partial charge on any atom is -0.494 e. The van der Waals surface area contributed by atoms with E-state index >= 15 is 0 Å². The van der Waals surface area contributed by atoms with Crippen LogP contribution in [0.3, 0.4) is 0 Å². The zero-order valence-corrected chi connectivity index (χ0v) is 16.1. The van der Waals surface area contributed by atoms with Gasteiger partial charge in [-0.05, 0) is 24.6 Å². The van der Waals surface area contributed by atoms with Crippen LogP contribution in [0.15, 0.2) is 53.9 Å². The van der Waals surface area contributed by atoms with Gasteiger partial charge in [-0.2, -0.15) is 0 Å². The Bertz CT molecular complexity index is 987. The first-order chi connectivity index (χ1) is 13.6. The second kappa shape index (κ2) is 9.09. The van der Waals surface area contributed by atoms with E-state index in [1.807, 2.05) is 6.07 Å². The average Bonchev–Trinajstić information content (AvgIpc) is 3.17. The van der Waals surface area contributed by atoms with Gasteiger partial charge in [0.15, 0.2) is 5.13 Å². The van der Waals surface area contributed by atoms with Gasteiger partial charge in [-0.15, -0.1) is 11.3 Å². The first-order valence-corrected chi connectivity index (χ1v) is 9.69. The molecule has 0 bridgehead atoms. The number of carbonyl (C=O) groups is 1. The second-order valence-corrected chi connectivity index (χ2v) is 6.89. The molecule has 0 fully saturated rings. The third-order valence-electron chi connectivity index (χ3n) is 3.94. The topological polar surface area (TPSA) is 94.4 Å². The molecule has 0 aliphatic heterocycles. The minimum atomic E-state index is -0.450. The SMILES string of the molecule is CCCCOc1cccc(C(=O)Nc2nc(-c3cccc([N+](=O)[O-])c3)cs2)c1. The Morgan fingerprint density at radius 1 is 1.25 bits per heavy atom. The molecule has 0 saturated heterocycles. The predicted molar refractivity (Wildman–Crippen MR) is 109 cm³/mol. The summed E-state index contributed by atoms with van der Waals surface area (Å²) in [7, 11) is 0. The summed E-state index contributed by atoms with van der Waals surface area (Å²) in [4.78, 5) is 27.3. The van der Waals surface area contributed by atoms with Crippen molar-refractivity contribution in [2.75, 3.05) is 11.9 Å². The highest BCUT2D eigenvalue weighted by Crippen LogP contribution is 2.28. The molecule has 7 nitrogen and oxygen atoms in total. The van der Waals surface area contributed by atoms with E-state index < -0.39 is 4.92 Å². The highest BCUT2D eigenvalue weighted by molar-refractivity contribution is 7.14. The minimum absolute atomic E-state index is 0.00373. The Morgan fingerprint density at radius 3 is 2.86 bits per heavy atom. The largest absolute Gasteiger partial charge is 0.494 e. The second-order valence-electron chi connectivity index (χ2n) is 6.03. The molecule has 0 unspecified atom stereocenters. The van der Waals surface area contributed by atoms with Gasteiger partial charge in [0.05, 0.1) is 17.2 Å². The number of hydrogen-bond acceptors (Lipinski definition) is 6. The monoisotopic (exact) mass is 397 g/mol. The van der Waals surface area contributed by atoms with Gasteiger partial charge in [-0.3, -0.25) is 20.2 Å². The molecule has 1 N–H and O–H groups in total. The van der Waals surface area contributed by atoms with Gasteiger partial charge in [0.25, 0.3) is 11.6 Å². The van der Waals surface area contributed by atoms with Gasteiger partial charge in [0.1, 0.15) is 5.75 Å². The number of hydrogen-bond donors (Lipinski definition) is 1. The lowest BCUT2D eigenvalue weighted by Gasteiger charge is -2.07. The van der Waals surface area contributed by atoms with Gasteiger partial charge in [-0.1, -0.05) is 31.5 Å². The lowest BCUT2D eigenvalue weighted by Crippen LogP contribution is -2.11. The van der Waals surface area contributed by atoms with E-state index in [4.69, 9.17) is 4.74 Å². The first kappa shape index (κ1) is 19.5. The summed E-state index contributed by atoms with van der Waals surface area (Å²) in [6, 6.07) is 13.2. The number of nitrogens with one attached hydrogen (secondary N) is 1. The van der Waals surface area contributed by atoms with E-state index in [-0.39, 0.29) is 11.6 Å². The molecule has 28 heavy (non-hydrogen) atoms. The molecule has 2 aromatic carbocycles. The van der Waals surface area contributed by atoms with Gasteiger partial charge in [0, 0.05) is 28.6 Å². The summed E-state index contributed by atoms with van der Waals surface area (Å²) in [5.41, 5.74) is 1.66. The molecule has 0 aliphatic carbocycles. The summed E-state index contributed by atoms with van der Waals surface area (Å²) in [5, 5.41) is 15.9. The van der Waals surface area contributed by atoms with E-state index in [1.54, 1.807) is 35.7 Å². The lowest BCUT2D eigenvalue weighted by molar-refractivity contribution is -0.384. The fourth-order valence-electron chi connectivity index (χ4n) is 2.47. The van der Waals surface area contributed by atoms with Crippen LogP contribution >= 0.6 is 11.3 Å². The van der Waals surface area contributed by atoms with Crippen molar-refractivity contribution in [2.24, 2.45) is 0 Å². The van der Waals surface area contributed by atoms with E-state index in [2.05, 4.69) is 17.2 Å². The molecule has 0 spiro atoms. The maximum atomic E-state index is 12.5. The van der Waals surface area contributed by atoms with Gasteiger partial charge < -0.3 is 4.74 Å². The maximum absolute atomic E-state index is 12.5. The maximum Gasteiger partial charge on any atom is 0.270 e. The Kier molecular flexibility index (Phi) is 6.33. The van der Waals surface area contributed by atoms with E-state index in [0.717, 1.165) is 12.8 Å². The lowest BCUT2D eigenvalue weighted by atomic mass is 10.1. The van der Waals surface area contributed by atoms with Crippen LogP contribution in [0, 0.1) is 10.1 Å². The van der Waals surface area contributed by atoms with Crippen molar-refractivity contribution < 1.29 is 14.5 Å². The van der Waals surface area contributed by atoms with Crippen LogP contribution in [-0.2, 0) is 0 Å². The zero-order valence-electron chi connectivity index (χ0n) is 15.3. The third kappa shape index (κ3) is 4.92. The van der Waals surface area contributed by atoms with Crippen molar-refractivity contribution in [1.82, 2.24) is 4.98 Å². The average molecular weight is 397 g/mol. The summed E-state index contributed by atoms with van der Waals surface area (Å²) in [6.45, 7) is 2.70. The molecule has 0 atom stereocenters. The summed E-state index contributed by atoms with van der Waals surface area (Å²) in [6.07, 6.45) is 1.99. The van der Waals surface area contributed by atoms with E-state index in [9.17, 15) is 14.9 Å². The molecule has 3 rings (SSSR count). The number of carbonyl (C=O) groups excluding carboxylic acids is 1. The molecule has 0 saturated carbocycles. The fourth-order valence-corrected chi connectivity index (χ4v) is 3.19. The number of rotatable bonds is 8. The first-order valence-electron chi connectivity index (χ1n) is 8.81. The standard InChI is InChI=1S/C20H19N3O4S/c1-2-3-10-27-17-9-5-7-15(12-17)19(24)22-20-21-18(13-28-20)14-6-4-8-16(11-14)23(25)26/h4-9,11-13H,2-3,10H2,1H3,(H,21,22,24). The Morgan fingerprint density at radius 2 is 2.07 bits per heavy atom. The van der Waals surface area contributed by atoms with Crippen LogP contribution < -0.4 is 10.1 Å². The molecule has 0 aliphatic rings. The normalized spacial score (nSPS) is 10.5. The van der Waals surface area contributed by atoms with Crippen molar-refractivity contribution in [2.45, 2.75) is 19.8 Å². The molecule has 1 aromatic heterocycles. The molecule has 0 radical (unpaired) electrons.